The summed E-state index contributed by atoms with van der Waals surface area (Å²) in [4.78, 5) is 27.1. The van der Waals surface area contributed by atoms with E-state index in [9.17, 15) is 26.4 Å². The lowest BCUT2D eigenvalue weighted by atomic mass is 10.1. The van der Waals surface area contributed by atoms with Gasteiger partial charge < -0.3 is 16.0 Å². The Bertz CT molecular complexity index is 1370. The topological polar surface area (TPSA) is 147 Å². The number of amides is 2. The predicted molar refractivity (Wildman–Crippen MR) is 150 cm³/mol. The van der Waals surface area contributed by atoms with Crippen LogP contribution in [-0.4, -0.2) is 60.3 Å². The van der Waals surface area contributed by atoms with Crippen LogP contribution in [0.15, 0.2) is 47.4 Å². The molecule has 2 aromatic rings. The third kappa shape index (κ3) is 7.33. The average Bonchev–Trinajstić information content (AvgIpc) is 3.20. The third-order valence-corrected chi connectivity index (χ3v) is 9.53. The summed E-state index contributed by atoms with van der Waals surface area (Å²) in [6, 6.07) is 10.1. The van der Waals surface area contributed by atoms with Crippen molar-refractivity contribution in [3.05, 3.63) is 48.0 Å². The molecule has 10 nitrogen and oxygen atoms in total. The van der Waals surface area contributed by atoms with E-state index in [0.717, 1.165) is 36.2 Å². The van der Waals surface area contributed by atoms with Gasteiger partial charge in [0.2, 0.25) is 15.9 Å². The molecule has 0 saturated carbocycles. The summed E-state index contributed by atoms with van der Waals surface area (Å²) in [7, 11) is -5.83. The normalized spacial score (nSPS) is 16.1. The quantitative estimate of drug-likeness (QED) is 0.377. The number of nitrogens with two attached hydrogens (primary N) is 1. The molecule has 2 aromatic carbocycles. The van der Waals surface area contributed by atoms with E-state index in [0.29, 0.717) is 24.3 Å². The van der Waals surface area contributed by atoms with Gasteiger partial charge in [-0.15, -0.1) is 0 Å². The van der Waals surface area contributed by atoms with Crippen molar-refractivity contribution in [2.45, 2.75) is 56.4 Å². The van der Waals surface area contributed by atoms with E-state index < -0.39 is 25.8 Å². The summed E-state index contributed by atoms with van der Waals surface area (Å²) in [5, 5.41) is 2.70. The van der Waals surface area contributed by atoms with Crippen molar-refractivity contribution in [1.29, 1.82) is 0 Å². The molecule has 0 unspecified atom stereocenters. The van der Waals surface area contributed by atoms with Gasteiger partial charge in [-0.25, -0.2) is 16.8 Å². The Balaban J connectivity index is 1.80. The average molecular weight is 565 g/mol. The number of unbranched alkanes of at least 4 members (excludes halogenated alkanes) is 4. The number of carbonyl (C=O) groups excluding carboxylic acids is 2. The van der Waals surface area contributed by atoms with Gasteiger partial charge in [0.05, 0.1) is 28.2 Å². The number of anilines is 3. The summed E-state index contributed by atoms with van der Waals surface area (Å²) in [6.45, 7) is 2.39. The zero-order valence-corrected chi connectivity index (χ0v) is 23.6. The highest BCUT2D eigenvalue weighted by molar-refractivity contribution is 7.92. The van der Waals surface area contributed by atoms with Gasteiger partial charge in [-0.2, -0.15) is 0 Å². The lowest BCUT2D eigenvalue weighted by molar-refractivity contribution is -0.117. The highest BCUT2D eigenvalue weighted by Crippen LogP contribution is 2.31. The van der Waals surface area contributed by atoms with Crippen molar-refractivity contribution in [2.24, 2.45) is 5.73 Å². The minimum atomic E-state index is -3.73. The minimum Gasteiger partial charge on any atom is -0.326 e. The molecule has 12 heteroatoms. The first-order valence-corrected chi connectivity index (χ1v) is 16.1. The summed E-state index contributed by atoms with van der Waals surface area (Å²) < 4.78 is 50.9. The van der Waals surface area contributed by atoms with Crippen molar-refractivity contribution in [2.75, 3.05) is 40.1 Å². The maximum Gasteiger partial charge on any atom is 0.257 e. The maximum atomic E-state index is 13.2. The van der Waals surface area contributed by atoms with E-state index in [1.807, 2.05) is 0 Å². The first kappa shape index (κ1) is 29.6. The smallest absolute Gasteiger partial charge is 0.257 e. The summed E-state index contributed by atoms with van der Waals surface area (Å²) in [5.41, 5.74) is 6.85. The van der Waals surface area contributed by atoms with Crippen molar-refractivity contribution in [3.63, 3.8) is 0 Å². The Hall–Kier alpha value is -2.96. The fraction of sp³-hybridized carbons (Fsp3) is 0.462. The number of nitrogens with zero attached hydrogens (tertiary/aromatic N) is 2. The van der Waals surface area contributed by atoms with Crippen LogP contribution < -0.4 is 20.3 Å². The molecule has 0 aliphatic carbocycles. The first-order valence-electron chi connectivity index (χ1n) is 12.6. The Morgan fingerprint density at radius 3 is 2.29 bits per heavy atom. The van der Waals surface area contributed by atoms with Crippen LogP contribution in [0.1, 0.15) is 55.8 Å². The fourth-order valence-corrected chi connectivity index (χ4v) is 6.14. The third-order valence-electron chi connectivity index (χ3n) is 6.52. The van der Waals surface area contributed by atoms with Gasteiger partial charge in [-0.3, -0.25) is 13.9 Å². The molecule has 1 saturated heterocycles. The molecule has 1 atom stereocenters. The lowest BCUT2D eigenvalue weighted by Gasteiger charge is -2.23. The molecule has 0 spiro atoms. The second-order valence-electron chi connectivity index (χ2n) is 9.61. The Kier molecular flexibility index (Phi) is 9.55. The number of hydrogen-bond acceptors (Lipinski definition) is 7. The summed E-state index contributed by atoms with van der Waals surface area (Å²) >= 11 is 0. The van der Waals surface area contributed by atoms with Gasteiger partial charge >= 0.3 is 0 Å². The molecule has 1 aliphatic rings. The van der Waals surface area contributed by atoms with Gasteiger partial charge in [-0.1, -0.05) is 32.6 Å². The van der Waals surface area contributed by atoms with Gasteiger partial charge in [-0.05, 0) is 48.9 Å². The zero-order valence-electron chi connectivity index (χ0n) is 22.0. The molecule has 0 aromatic heterocycles. The Labute approximate surface area is 225 Å². The molecule has 208 valence electrons. The highest BCUT2D eigenvalue weighted by Gasteiger charge is 2.30. The SMILES string of the molecule is CCCCCCCS(=O)(=O)c1ccc(NC(=O)c2ccc(N3C[C@H](N)CC3=O)cc2N(C)S(C)(=O)=O)cc1. The summed E-state index contributed by atoms with van der Waals surface area (Å²) in [6.07, 6.45) is 5.85. The van der Waals surface area contributed by atoms with E-state index in [2.05, 4.69) is 12.2 Å². The lowest BCUT2D eigenvalue weighted by Crippen LogP contribution is -2.30. The number of rotatable bonds is 12. The molecular formula is C26H36N4O6S2. The van der Waals surface area contributed by atoms with Crippen LogP contribution >= 0.6 is 0 Å². The fourth-order valence-electron chi connectivity index (χ4n) is 4.26. The van der Waals surface area contributed by atoms with Crippen LogP contribution in [0.4, 0.5) is 17.1 Å². The number of hydrogen-bond donors (Lipinski definition) is 2. The highest BCUT2D eigenvalue weighted by atomic mass is 32.2. The number of nitrogens with one attached hydrogen (secondary N) is 1. The second kappa shape index (κ2) is 12.3. The van der Waals surface area contributed by atoms with Crippen LogP contribution in [0, 0.1) is 0 Å². The molecule has 1 heterocycles. The van der Waals surface area contributed by atoms with E-state index in [1.54, 1.807) is 6.07 Å². The van der Waals surface area contributed by atoms with E-state index in [-0.39, 0.29) is 40.3 Å². The van der Waals surface area contributed by atoms with Crippen molar-refractivity contribution in [3.8, 4) is 0 Å². The van der Waals surface area contributed by atoms with Crippen LogP contribution in [0.5, 0.6) is 0 Å². The van der Waals surface area contributed by atoms with E-state index in [4.69, 9.17) is 5.73 Å². The number of carbonyl (C=O) groups is 2. The van der Waals surface area contributed by atoms with Gasteiger partial charge in [0.25, 0.3) is 5.91 Å². The van der Waals surface area contributed by atoms with E-state index >= 15 is 0 Å². The standard InChI is InChI=1S/C26H36N4O6S2/c1-4-5-6-7-8-15-38(35,36)22-12-9-20(10-13-22)28-26(32)23-14-11-21(30-18-19(27)16-25(30)31)17-24(23)29(2)37(3,33)34/h9-14,17,19H,4-8,15-16,18,27H2,1-3H3,(H,28,32)/t19-/m1/s1. The van der Waals surface area contributed by atoms with Crippen LogP contribution in [-0.2, 0) is 24.7 Å². The van der Waals surface area contributed by atoms with Crippen molar-refractivity contribution < 1.29 is 26.4 Å². The van der Waals surface area contributed by atoms with Crippen LogP contribution in [0.25, 0.3) is 0 Å². The molecular weight excluding hydrogens is 528 g/mol. The molecule has 3 rings (SSSR count). The Morgan fingerprint density at radius 2 is 1.71 bits per heavy atom. The number of sulfone groups is 1. The maximum absolute atomic E-state index is 13.2. The van der Waals surface area contributed by atoms with Crippen LogP contribution in [0.3, 0.4) is 0 Å². The molecule has 3 N–H and O–H groups in total. The van der Waals surface area contributed by atoms with E-state index in [1.165, 1.54) is 48.3 Å². The summed E-state index contributed by atoms with van der Waals surface area (Å²) in [5.74, 6) is -0.697. The second-order valence-corrected chi connectivity index (χ2v) is 13.7. The van der Waals surface area contributed by atoms with Crippen molar-refractivity contribution >= 4 is 48.7 Å². The molecule has 2 amide bonds. The zero-order chi connectivity index (χ0) is 28.1. The monoisotopic (exact) mass is 564 g/mol. The number of sulfonamides is 1. The van der Waals surface area contributed by atoms with Crippen molar-refractivity contribution in [1.82, 2.24) is 0 Å². The number of benzene rings is 2. The first-order chi connectivity index (χ1) is 17.8. The Morgan fingerprint density at radius 1 is 1.05 bits per heavy atom. The molecule has 0 bridgehead atoms. The van der Waals surface area contributed by atoms with Crippen LogP contribution in [0.2, 0.25) is 0 Å². The van der Waals surface area contributed by atoms with Gasteiger partial charge in [0, 0.05) is 37.4 Å². The van der Waals surface area contributed by atoms with Gasteiger partial charge in [0.1, 0.15) is 0 Å². The molecule has 1 aliphatic heterocycles. The minimum absolute atomic E-state index is 0.0698. The molecule has 38 heavy (non-hydrogen) atoms. The predicted octanol–water partition coefficient (Wildman–Crippen LogP) is 3.14. The van der Waals surface area contributed by atoms with Gasteiger partial charge in [0.15, 0.2) is 9.84 Å². The molecule has 0 radical (unpaired) electrons. The largest absolute Gasteiger partial charge is 0.326 e. The molecule has 1 fully saturated rings.